The van der Waals surface area contributed by atoms with Crippen LogP contribution in [0.15, 0.2) is 28.6 Å². The van der Waals surface area contributed by atoms with Crippen LogP contribution in [0.3, 0.4) is 0 Å². The van der Waals surface area contributed by atoms with Crippen LogP contribution in [0.1, 0.15) is 19.8 Å². The first kappa shape index (κ1) is 18.5. The zero-order chi connectivity index (χ0) is 15.5. The van der Waals surface area contributed by atoms with E-state index in [-0.39, 0.29) is 24.4 Å². The number of halogens is 1. The number of rotatable bonds is 4. The van der Waals surface area contributed by atoms with Gasteiger partial charge in [-0.3, -0.25) is 4.79 Å². The van der Waals surface area contributed by atoms with Crippen molar-refractivity contribution in [3.63, 3.8) is 0 Å². The second kappa shape index (κ2) is 8.33. The Hall–Kier alpha value is -0.820. The molecule has 126 valence electrons. The summed E-state index contributed by atoms with van der Waals surface area (Å²) in [6, 6.07) is 8.24. The number of nitrogens with zero attached hydrogens (tertiary/aromatic N) is 2. The largest absolute Gasteiger partial charge is 0.342 e. The number of aromatic nitrogens is 1. The summed E-state index contributed by atoms with van der Waals surface area (Å²) in [4.78, 5) is 18.9. The highest BCUT2D eigenvalue weighted by molar-refractivity contribution is 8.01. The van der Waals surface area contributed by atoms with E-state index < -0.39 is 0 Å². The Balaban J connectivity index is 0.00000192. The number of hydrogen-bond acceptors (Lipinski definition) is 5. The average Bonchev–Trinajstić information content (AvgIpc) is 2.95. The van der Waals surface area contributed by atoms with Crippen LogP contribution in [-0.2, 0) is 4.79 Å². The van der Waals surface area contributed by atoms with Gasteiger partial charge in [-0.25, -0.2) is 4.98 Å². The molecule has 1 aliphatic rings. The number of amides is 1. The van der Waals surface area contributed by atoms with Crippen molar-refractivity contribution in [2.24, 2.45) is 11.7 Å². The highest BCUT2D eigenvalue weighted by Gasteiger charge is 2.25. The maximum atomic E-state index is 12.4. The topological polar surface area (TPSA) is 59.2 Å². The molecular formula is C16H22ClN3OS2. The molecule has 1 saturated heterocycles. The molecule has 0 saturated carbocycles. The Kier molecular flexibility index (Phi) is 6.71. The third-order valence-electron chi connectivity index (χ3n) is 4.15. The number of likely N-dealkylation sites (tertiary alicyclic amines) is 1. The molecule has 2 unspecified atom stereocenters. The summed E-state index contributed by atoms with van der Waals surface area (Å²) in [5.74, 6) is 1.10. The Morgan fingerprint density at radius 3 is 3.04 bits per heavy atom. The van der Waals surface area contributed by atoms with E-state index in [0.29, 0.717) is 11.7 Å². The maximum absolute atomic E-state index is 12.4. The third kappa shape index (κ3) is 4.59. The molecule has 0 radical (unpaired) electrons. The van der Waals surface area contributed by atoms with Gasteiger partial charge in [-0.2, -0.15) is 0 Å². The van der Waals surface area contributed by atoms with Gasteiger partial charge in [-0.15, -0.1) is 23.7 Å². The lowest BCUT2D eigenvalue weighted by molar-refractivity contribution is -0.130. The molecule has 1 amide bonds. The van der Waals surface area contributed by atoms with Crippen LogP contribution < -0.4 is 5.73 Å². The summed E-state index contributed by atoms with van der Waals surface area (Å²) in [5.41, 5.74) is 7.00. The van der Waals surface area contributed by atoms with Gasteiger partial charge in [-0.1, -0.05) is 23.9 Å². The monoisotopic (exact) mass is 371 g/mol. The summed E-state index contributed by atoms with van der Waals surface area (Å²) in [6.07, 6.45) is 2.19. The lowest BCUT2D eigenvalue weighted by Crippen LogP contribution is -2.45. The molecule has 23 heavy (non-hydrogen) atoms. The number of thiazole rings is 1. The molecule has 2 heterocycles. The number of hydrogen-bond donors (Lipinski definition) is 1. The molecule has 1 aromatic carbocycles. The number of carbonyl (C=O) groups excluding carboxylic acids is 1. The van der Waals surface area contributed by atoms with Crippen LogP contribution >= 0.6 is 35.5 Å². The van der Waals surface area contributed by atoms with E-state index in [2.05, 4.69) is 11.1 Å². The molecule has 0 spiro atoms. The smallest absolute Gasteiger partial charge is 0.233 e. The molecule has 1 aliphatic heterocycles. The summed E-state index contributed by atoms with van der Waals surface area (Å²) >= 11 is 3.19. The van der Waals surface area contributed by atoms with Crippen LogP contribution in [0.25, 0.3) is 10.2 Å². The van der Waals surface area contributed by atoms with Gasteiger partial charge in [0, 0.05) is 19.1 Å². The van der Waals surface area contributed by atoms with Gasteiger partial charge in [0.15, 0.2) is 4.34 Å². The SMILES string of the molecule is CC(N)C1CCCN(C(=O)CSc2nc3ccccc3s2)C1.Cl. The highest BCUT2D eigenvalue weighted by atomic mass is 35.5. The van der Waals surface area contributed by atoms with Crippen molar-refractivity contribution >= 4 is 51.6 Å². The van der Waals surface area contributed by atoms with Gasteiger partial charge in [-0.05, 0) is 37.8 Å². The van der Waals surface area contributed by atoms with Gasteiger partial charge in [0.05, 0.1) is 16.0 Å². The molecular weight excluding hydrogens is 350 g/mol. The first-order chi connectivity index (χ1) is 10.6. The van der Waals surface area contributed by atoms with Gasteiger partial charge in [0.1, 0.15) is 0 Å². The number of fused-ring (bicyclic) bond motifs is 1. The fourth-order valence-corrected chi connectivity index (χ4v) is 4.76. The minimum Gasteiger partial charge on any atom is -0.342 e. The molecule has 0 bridgehead atoms. The maximum Gasteiger partial charge on any atom is 0.233 e. The second-order valence-corrected chi connectivity index (χ2v) is 8.09. The minimum atomic E-state index is 0. The van der Waals surface area contributed by atoms with Gasteiger partial charge in [0.25, 0.3) is 0 Å². The molecule has 1 aromatic heterocycles. The van der Waals surface area contributed by atoms with E-state index >= 15 is 0 Å². The highest BCUT2D eigenvalue weighted by Crippen LogP contribution is 2.29. The van der Waals surface area contributed by atoms with E-state index in [1.165, 1.54) is 4.70 Å². The molecule has 7 heteroatoms. The number of benzene rings is 1. The standard InChI is InChI=1S/C16H21N3OS2.ClH/c1-11(17)12-5-4-8-19(9-12)15(20)10-21-16-18-13-6-2-3-7-14(13)22-16;/h2-3,6-7,11-12H,4-5,8-10,17H2,1H3;1H. The van der Waals surface area contributed by atoms with Crippen molar-refractivity contribution in [3.05, 3.63) is 24.3 Å². The molecule has 1 fully saturated rings. The van der Waals surface area contributed by atoms with Crippen LogP contribution in [0, 0.1) is 5.92 Å². The number of para-hydroxylation sites is 1. The molecule has 2 atom stereocenters. The van der Waals surface area contributed by atoms with Crippen LogP contribution in [0.4, 0.5) is 0 Å². The Morgan fingerprint density at radius 2 is 2.30 bits per heavy atom. The predicted octanol–water partition coefficient (Wildman–Crippen LogP) is 3.40. The Labute approximate surface area is 151 Å². The molecule has 0 aliphatic carbocycles. The van der Waals surface area contributed by atoms with Crippen molar-refractivity contribution in [1.82, 2.24) is 9.88 Å². The molecule has 4 nitrogen and oxygen atoms in total. The first-order valence-corrected chi connectivity index (χ1v) is 9.45. The number of carbonyl (C=O) groups is 1. The van der Waals surface area contributed by atoms with E-state index in [1.807, 2.05) is 30.0 Å². The summed E-state index contributed by atoms with van der Waals surface area (Å²) < 4.78 is 2.14. The number of thioether (sulfide) groups is 1. The fraction of sp³-hybridized carbons (Fsp3) is 0.500. The Morgan fingerprint density at radius 1 is 1.52 bits per heavy atom. The van der Waals surface area contributed by atoms with Crippen molar-refractivity contribution in [3.8, 4) is 0 Å². The summed E-state index contributed by atoms with van der Waals surface area (Å²) in [6.45, 7) is 3.70. The van der Waals surface area contributed by atoms with Crippen molar-refractivity contribution in [2.75, 3.05) is 18.8 Å². The van der Waals surface area contributed by atoms with E-state index in [9.17, 15) is 4.79 Å². The Bertz CT molecular complexity index is 629. The van der Waals surface area contributed by atoms with Gasteiger partial charge in [0.2, 0.25) is 5.91 Å². The number of nitrogens with two attached hydrogens (primary N) is 1. The van der Waals surface area contributed by atoms with E-state index in [1.54, 1.807) is 23.1 Å². The van der Waals surface area contributed by atoms with Crippen LogP contribution in [-0.4, -0.2) is 40.7 Å². The quantitative estimate of drug-likeness (QED) is 0.837. The molecule has 2 N–H and O–H groups in total. The van der Waals surface area contributed by atoms with Gasteiger partial charge < -0.3 is 10.6 Å². The lowest BCUT2D eigenvalue weighted by atomic mass is 9.92. The average molecular weight is 372 g/mol. The molecule has 3 rings (SSSR count). The summed E-state index contributed by atoms with van der Waals surface area (Å²) in [7, 11) is 0. The summed E-state index contributed by atoms with van der Waals surface area (Å²) in [5, 5.41) is 0. The minimum absolute atomic E-state index is 0. The van der Waals surface area contributed by atoms with Crippen LogP contribution in [0.2, 0.25) is 0 Å². The normalized spacial score (nSPS) is 19.4. The third-order valence-corrected chi connectivity index (χ3v) is 6.31. The van der Waals surface area contributed by atoms with E-state index in [4.69, 9.17) is 5.73 Å². The van der Waals surface area contributed by atoms with E-state index in [0.717, 1.165) is 35.8 Å². The van der Waals surface area contributed by atoms with Crippen molar-refractivity contribution in [1.29, 1.82) is 0 Å². The predicted molar refractivity (Wildman–Crippen MR) is 101 cm³/mol. The van der Waals surface area contributed by atoms with Crippen LogP contribution in [0.5, 0.6) is 0 Å². The zero-order valence-corrected chi connectivity index (χ0v) is 15.6. The lowest BCUT2D eigenvalue weighted by Gasteiger charge is -2.34. The van der Waals surface area contributed by atoms with Crippen molar-refractivity contribution in [2.45, 2.75) is 30.1 Å². The van der Waals surface area contributed by atoms with Gasteiger partial charge >= 0.3 is 0 Å². The number of piperidine rings is 1. The van der Waals surface area contributed by atoms with Crippen molar-refractivity contribution < 1.29 is 4.79 Å². The second-order valence-electron chi connectivity index (χ2n) is 5.84. The fourth-order valence-electron chi connectivity index (χ4n) is 2.79. The zero-order valence-electron chi connectivity index (χ0n) is 13.1. The molecule has 2 aromatic rings. The first-order valence-electron chi connectivity index (χ1n) is 7.65.